The van der Waals surface area contributed by atoms with Crippen LogP contribution in [-0.2, 0) is 4.79 Å². The van der Waals surface area contributed by atoms with Gasteiger partial charge in [0.05, 0.1) is 11.8 Å². The van der Waals surface area contributed by atoms with Gasteiger partial charge in [0.15, 0.2) is 0 Å². The van der Waals surface area contributed by atoms with Crippen molar-refractivity contribution in [3.63, 3.8) is 0 Å². The maximum Gasteiger partial charge on any atom is 0.221 e. The van der Waals surface area contributed by atoms with E-state index in [1.807, 2.05) is 44.0 Å². The van der Waals surface area contributed by atoms with Gasteiger partial charge in [-0.05, 0) is 26.0 Å². The van der Waals surface area contributed by atoms with Crippen LogP contribution in [0.25, 0.3) is 0 Å². The number of amides is 1. The quantitative estimate of drug-likeness (QED) is 0.767. The van der Waals surface area contributed by atoms with Crippen LogP contribution in [-0.4, -0.2) is 32.7 Å². The SMILES string of the molecule is CNC(=O)CCN(C)c1ccc(N)c(OC(C)C)c1. The average Bonchev–Trinajstić information content (AvgIpc) is 2.37. The van der Waals surface area contributed by atoms with Gasteiger partial charge in [0.1, 0.15) is 5.75 Å². The molecule has 0 radical (unpaired) electrons. The highest BCUT2D eigenvalue weighted by Gasteiger charge is 2.08. The third-order valence-corrected chi connectivity index (χ3v) is 2.75. The second-order valence-corrected chi connectivity index (χ2v) is 4.73. The third kappa shape index (κ3) is 4.69. The first-order valence-corrected chi connectivity index (χ1v) is 6.42. The Morgan fingerprint density at radius 1 is 1.47 bits per heavy atom. The Hall–Kier alpha value is -1.91. The molecule has 0 bridgehead atoms. The molecule has 0 atom stereocenters. The van der Waals surface area contributed by atoms with E-state index in [1.54, 1.807) is 7.05 Å². The number of nitrogens with one attached hydrogen (secondary N) is 1. The van der Waals surface area contributed by atoms with Gasteiger partial charge in [-0.25, -0.2) is 0 Å². The minimum absolute atomic E-state index is 0.0287. The lowest BCUT2D eigenvalue weighted by Crippen LogP contribution is -2.26. The fourth-order valence-corrected chi connectivity index (χ4v) is 1.64. The summed E-state index contributed by atoms with van der Waals surface area (Å²) in [4.78, 5) is 13.2. The van der Waals surface area contributed by atoms with E-state index in [0.29, 0.717) is 24.4 Å². The maximum absolute atomic E-state index is 11.2. The van der Waals surface area contributed by atoms with Crippen molar-refractivity contribution < 1.29 is 9.53 Å². The molecule has 0 aliphatic heterocycles. The first kappa shape index (κ1) is 15.1. The van der Waals surface area contributed by atoms with E-state index in [-0.39, 0.29) is 12.0 Å². The fourth-order valence-electron chi connectivity index (χ4n) is 1.64. The Kier molecular flexibility index (Phi) is 5.48. The van der Waals surface area contributed by atoms with Crippen molar-refractivity contribution in [1.29, 1.82) is 0 Å². The Bertz CT molecular complexity index is 433. The van der Waals surface area contributed by atoms with Gasteiger partial charge in [-0.1, -0.05) is 0 Å². The van der Waals surface area contributed by atoms with Gasteiger partial charge in [-0.2, -0.15) is 0 Å². The summed E-state index contributed by atoms with van der Waals surface area (Å²) in [5.74, 6) is 0.709. The van der Waals surface area contributed by atoms with E-state index in [9.17, 15) is 4.79 Å². The Balaban J connectivity index is 2.74. The summed E-state index contributed by atoms with van der Waals surface area (Å²) in [5, 5.41) is 2.61. The molecule has 0 aromatic heterocycles. The molecule has 0 aliphatic carbocycles. The predicted octanol–water partition coefficient (Wildman–Crippen LogP) is 1.63. The van der Waals surface area contributed by atoms with Crippen LogP contribution in [0.1, 0.15) is 20.3 Å². The monoisotopic (exact) mass is 265 g/mol. The molecule has 0 aliphatic rings. The van der Waals surface area contributed by atoms with Crippen LogP contribution in [0.2, 0.25) is 0 Å². The summed E-state index contributed by atoms with van der Waals surface area (Å²) < 4.78 is 5.65. The number of hydrogen-bond acceptors (Lipinski definition) is 4. The second-order valence-electron chi connectivity index (χ2n) is 4.73. The largest absolute Gasteiger partial charge is 0.489 e. The number of nitrogens with zero attached hydrogens (tertiary/aromatic N) is 1. The van der Waals surface area contributed by atoms with Gasteiger partial charge in [0, 0.05) is 38.8 Å². The molecule has 0 fully saturated rings. The van der Waals surface area contributed by atoms with Crippen LogP contribution < -0.4 is 20.7 Å². The van der Waals surface area contributed by atoms with Crippen molar-refractivity contribution >= 4 is 17.3 Å². The molecule has 5 nitrogen and oxygen atoms in total. The molecule has 1 amide bonds. The number of nitrogens with two attached hydrogens (primary N) is 1. The van der Waals surface area contributed by atoms with Gasteiger partial charge in [0.2, 0.25) is 5.91 Å². The lowest BCUT2D eigenvalue weighted by molar-refractivity contribution is -0.120. The molecule has 106 valence electrons. The van der Waals surface area contributed by atoms with Crippen LogP contribution in [0.15, 0.2) is 18.2 Å². The van der Waals surface area contributed by atoms with Crippen LogP contribution in [0.4, 0.5) is 11.4 Å². The number of benzene rings is 1. The molecular weight excluding hydrogens is 242 g/mol. The van der Waals surface area contributed by atoms with Crippen molar-refractivity contribution in [2.45, 2.75) is 26.4 Å². The van der Waals surface area contributed by atoms with Gasteiger partial charge < -0.3 is 20.7 Å². The lowest BCUT2D eigenvalue weighted by Gasteiger charge is -2.21. The zero-order chi connectivity index (χ0) is 14.4. The lowest BCUT2D eigenvalue weighted by atomic mass is 10.2. The van der Waals surface area contributed by atoms with Crippen molar-refractivity contribution in [2.24, 2.45) is 0 Å². The molecule has 0 unspecified atom stereocenters. The summed E-state index contributed by atoms with van der Waals surface area (Å²) in [6.07, 6.45) is 0.534. The van der Waals surface area contributed by atoms with Gasteiger partial charge in [0.25, 0.3) is 0 Å². The minimum atomic E-state index is 0.0287. The Morgan fingerprint density at radius 2 is 2.16 bits per heavy atom. The molecule has 0 heterocycles. The standard InChI is InChI=1S/C14H23N3O2/c1-10(2)19-13-9-11(5-6-12(13)15)17(4)8-7-14(18)16-3/h5-6,9-10H,7-8,15H2,1-4H3,(H,16,18). The van der Waals surface area contributed by atoms with E-state index >= 15 is 0 Å². The molecule has 0 saturated carbocycles. The molecular formula is C14H23N3O2. The number of ether oxygens (including phenoxy) is 1. The zero-order valence-corrected chi connectivity index (χ0v) is 12.1. The highest BCUT2D eigenvalue weighted by atomic mass is 16.5. The summed E-state index contributed by atoms with van der Waals surface area (Å²) in [7, 11) is 3.58. The molecule has 19 heavy (non-hydrogen) atoms. The van der Waals surface area contributed by atoms with E-state index < -0.39 is 0 Å². The first-order chi connectivity index (χ1) is 8.93. The van der Waals surface area contributed by atoms with Crippen LogP contribution >= 0.6 is 0 Å². The highest BCUT2D eigenvalue weighted by Crippen LogP contribution is 2.28. The first-order valence-electron chi connectivity index (χ1n) is 6.42. The Morgan fingerprint density at radius 3 is 2.74 bits per heavy atom. The number of carbonyl (C=O) groups excluding carboxylic acids is 1. The zero-order valence-electron chi connectivity index (χ0n) is 12.1. The third-order valence-electron chi connectivity index (χ3n) is 2.75. The highest BCUT2D eigenvalue weighted by molar-refractivity contribution is 5.76. The van der Waals surface area contributed by atoms with E-state index in [1.165, 1.54) is 0 Å². The van der Waals surface area contributed by atoms with E-state index in [2.05, 4.69) is 5.32 Å². The molecule has 0 saturated heterocycles. The number of anilines is 2. The minimum Gasteiger partial charge on any atom is -0.489 e. The maximum atomic E-state index is 11.2. The smallest absolute Gasteiger partial charge is 0.221 e. The summed E-state index contributed by atoms with van der Waals surface area (Å²) in [6.45, 7) is 4.56. The van der Waals surface area contributed by atoms with Gasteiger partial charge >= 0.3 is 0 Å². The fraction of sp³-hybridized carbons (Fsp3) is 0.500. The second kappa shape index (κ2) is 6.87. The van der Waals surface area contributed by atoms with Gasteiger partial charge in [-0.15, -0.1) is 0 Å². The topological polar surface area (TPSA) is 67.6 Å². The molecule has 3 N–H and O–H groups in total. The number of nitrogen functional groups attached to an aromatic ring is 1. The van der Waals surface area contributed by atoms with E-state index in [4.69, 9.17) is 10.5 Å². The van der Waals surface area contributed by atoms with Crippen LogP contribution in [0.5, 0.6) is 5.75 Å². The van der Waals surface area contributed by atoms with Crippen molar-refractivity contribution in [3.8, 4) is 5.75 Å². The van der Waals surface area contributed by atoms with Crippen molar-refractivity contribution in [2.75, 3.05) is 31.3 Å². The summed E-state index contributed by atoms with van der Waals surface area (Å²) >= 11 is 0. The van der Waals surface area contributed by atoms with Crippen molar-refractivity contribution in [3.05, 3.63) is 18.2 Å². The summed E-state index contributed by atoms with van der Waals surface area (Å²) in [6, 6.07) is 5.65. The number of hydrogen-bond donors (Lipinski definition) is 2. The normalized spacial score (nSPS) is 10.4. The predicted molar refractivity (Wildman–Crippen MR) is 78.6 cm³/mol. The molecule has 1 aromatic carbocycles. The van der Waals surface area contributed by atoms with Gasteiger partial charge in [-0.3, -0.25) is 4.79 Å². The van der Waals surface area contributed by atoms with Crippen molar-refractivity contribution in [1.82, 2.24) is 5.32 Å². The Labute approximate surface area is 114 Å². The number of rotatable bonds is 6. The van der Waals surface area contributed by atoms with Crippen LogP contribution in [0.3, 0.4) is 0 Å². The molecule has 5 heteroatoms. The van der Waals surface area contributed by atoms with Crippen LogP contribution in [0, 0.1) is 0 Å². The van der Waals surface area contributed by atoms with E-state index in [0.717, 1.165) is 5.69 Å². The molecule has 1 rings (SSSR count). The number of carbonyl (C=O) groups is 1. The molecule has 1 aromatic rings. The average molecular weight is 265 g/mol. The summed E-state index contributed by atoms with van der Waals surface area (Å²) in [5.41, 5.74) is 7.48. The molecule has 0 spiro atoms.